The van der Waals surface area contributed by atoms with Crippen LogP contribution >= 0.6 is 0 Å². The van der Waals surface area contributed by atoms with Gasteiger partial charge in [-0.3, -0.25) is 0 Å². The maximum absolute atomic E-state index is 13.1. The zero-order valence-electron chi connectivity index (χ0n) is 10.7. The van der Waals surface area contributed by atoms with Crippen molar-refractivity contribution in [3.63, 3.8) is 0 Å². The molecular weight excluding hydrogens is 215 g/mol. The summed E-state index contributed by atoms with van der Waals surface area (Å²) >= 11 is 0. The summed E-state index contributed by atoms with van der Waals surface area (Å²) < 4.78 is 13.1. The van der Waals surface area contributed by atoms with E-state index in [1.54, 1.807) is 6.07 Å². The zero-order valence-corrected chi connectivity index (χ0v) is 10.7. The number of benzene rings is 1. The molecule has 1 unspecified atom stereocenters. The number of aryl methyl sites for hydroxylation is 1. The maximum atomic E-state index is 13.1. The molecule has 1 heterocycles. The molecule has 0 aromatic heterocycles. The van der Waals surface area contributed by atoms with Crippen LogP contribution in [0.15, 0.2) is 18.2 Å². The standard InChI is InChI=1S/C14H21FN2/c1-11-9-12(3-4-14(11)15)6-8-17(2)13-5-7-16-10-13/h3-4,9,13,16H,5-8,10H2,1-2H3. The molecule has 1 aliphatic rings. The quantitative estimate of drug-likeness (QED) is 0.860. The lowest BCUT2D eigenvalue weighted by Gasteiger charge is -2.23. The zero-order chi connectivity index (χ0) is 12.3. The summed E-state index contributed by atoms with van der Waals surface area (Å²) in [6.45, 7) is 5.09. The Morgan fingerprint density at radius 1 is 1.47 bits per heavy atom. The van der Waals surface area contributed by atoms with Gasteiger partial charge in [0.1, 0.15) is 5.82 Å². The SMILES string of the molecule is Cc1cc(CCN(C)C2CCNC2)ccc1F. The van der Waals surface area contributed by atoms with Crippen LogP contribution in [0.5, 0.6) is 0 Å². The Kier molecular flexibility index (Phi) is 4.13. The molecule has 1 saturated heterocycles. The smallest absolute Gasteiger partial charge is 0.126 e. The summed E-state index contributed by atoms with van der Waals surface area (Å²) in [6.07, 6.45) is 2.23. The van der Waals surface area contributed by atoms with E-state index in [9.17, 15) is 4.39 Å². The average molecular weight is 236 g/mol. The van der Waals surface area contributed by atoms with Gasteiger partial charge in [0.05, 0.1) is 0 Å². The molecule has 17 heavy (non-hydrogen) atoms. The molecule has 1 aromatic rings. The fourth-order valence-electron chi connectivity index (χ4n) is 2.37. The summed E-state index contributed by atoms with van der Waals surface area (Å²) in [7, 11) is 2.17. The van der Waals surface area contributed by atoms with Crippen molar-refractivity contribution in [1.82, 2.24) is 10.2 Å². The van der Waals surface area contributed by atoms with Gasteiger partial charge >= 0.3 is 0 Å². The Bertz CT molecular complexity index is 372. The summed E-state index contributed by atoms with van der Waals surface area (Å²) in [4.78, 5) is 2.40. The van der Waals surface area contributed by atoms with Crippen molar-refractivity contribution >= 4 is 0 Å². The molecule has 0 spiro atoms. The van der Waals surface area contributed by atoms with Gasteiger partial charge in [-0.25, -0.2) is 4.39 Å². The van der Waals surface area contributed by atoms with Gasteiger partial charge in [-0.15, -0.1) is 0 Å². The second-order valence-corrected chi connectivity index (χ2v) is 4.96. The highest BCUT2D eigenvalue weighted by Gasteiger charge is 2.18. The van der Waals surface area contributed by atoms with Crippen molar-refractivity contribution in [3.05, 3.63) is 35.1 Å². The molecule has 0 aliphatic carbocycles. The Morgan fingerprint density at radius 3 is 2.94 bits per heavy atom. The van der Waals surface area contributed by atoms with E-state index in [1.165, 1.54) is 12.0 Å². The van der Waals surface area contributed by atoms with Crippen molar-refractivity contribution in [2.24, 2.45) is 0 Å². The minimum Gasteiger partial charge on any atom is -0.315 e. The third-order valence-corrected chi connectivity index (χ3v) is 3.63. The molecule has 0 bridgehead atoms. The van der Waals surface area contributed by atoms with Gasteiger partial charge in [-0.2, -0.15) is 0 Å². The van der Waals surface area contributed by atoms with Crippen LogP contribution in [0.1, 0.15) is 17.5 Å². The summed E-state index contributed by atoms with van der Waals surface area (Å²) in [5, 5.41) is 3.38. The number of halogens is 1. The van der Waals surface area contributed by atoms with E-state index in [2.05, 4.69) is 17.3 Å². The van der Waals surface area contributed by atoms with Gasteiger partial charge in [0.15, 0.2) is 0 Å². The number of nitrogens with zero attached hydrogens (tertiary/aromatic N) is 1. The largest absolute Gasteiger partial charge is 0.315 e. The monoisotopic (exact) mass is 236 g/mol. The highest BCUT2D eigenvalue weighted by atomic mass is 19.1. The van der Waals surface area contributed by atoms with E-state index in [0.717, 1.165) is 31.6 Å². The van der Waals surface area contributed by atoms with E-state index in [0.29, 0.717) is 6.04 Å². The van der Waals surface area contributed by atoms with Crippen LogP contribution in [0, 0.1) is 12.7 Å². The highest BCUT2D eigenvalue weighted by Crippen LogP contribution is 2.12. The van der Waals surface area contributed by atoms with E-state index < -0.39 is 0 Å². The van der Waals surface area contributed by atoms with E-state index in [4.69, 9.17) is 0 Å². The van der Waals surface area contributed by atoms with E-state index in [1.807, 2.05) is 19.1 Å². The van der Waals surface area contributed by atoms with E-state index in [-0.39, 0.29) is 5.82 Å². The summed E-state index contributed by atoms with van der Waals surface area (Å²) in [6, 6.07) is 6.08. The molecule has 94 valence electrons. The first-order chi connectivity index (χ1) is 8.16. The lowest BCUT2D eigenvalue weighted by atomic mass is 10.1. The predicted octanol–water partition coefficient (Wildman–Crippen LogP) is 1.97. The Morgan fingerprint density at radius 2 is 2.29 bits per heavy atom. The number of rotatable bonds is 4. The van der Waals surface area contributed by atoms with Gasteiger partial charge in [0.2, 0.25) is 0 Å². The van der Waals surface area contributed by atoms with Gasteiger partial charge in [-0.1, -0.05) is 12.1 Å². The molecule has 1 fully saturated rings. The minimum absolute atomic E-state index is 0.109. The second-order valence-electron chi connectivity index (χ2n) is 4.96. The summed E-state index contributed by atoms with van der Waals surface area (Å²) in [5.41, 5.74) is 1.97. The van der Waals surface area contributed by atoms with Gasteiger partial charge in [-0.05, 0) is 50.6 Å². The van der Waals surface area contributed by atoms with Gasteiger partial charge < -0.3 is 10.2 Å². The first-order valence-corrected chi connectivity index (χ1v) is 6.33. The number of likely N-dealkylation sites (N-methyl/N-ethyl adjacent to an activating group) is 1. The van der Waals surface area contributed by atoms with E-state index >= 15 is 0 Å². The number of hydrogen-bond donors (Lipinski definition) is 1. The van der Waals surface area contributed by atoms with Crippen molar-refractivity contribution in [1.29, 1.82) is 0 Å². The maximum Gasteiger partial charge on any atom is 0.126 e. The van der Waals surface area contributed by atoms with Crippen LogP contribution in [0.2, 0.25) is 0 Å². The molecule has 1 aromatic carbocycles. The molecule has 2 nitrogen and oxygen atoms in total. The lowest BCUT2D eigenvalue weighted by Crippen LogP contribution is -2.34. The average Bonchev–Trinajstić information content (AvgIpc) is 2.84. The van der Waals surface area contributed by atoms with Crippen molar-refractivity contribution < 1.29 is 4.39 Å². The first-order valence-electron chi connectivity index (χ1n) is 6.33. The van der Waals surface area contributed by atoms with Gasteiger partial charge in [0.25, 0.3) is 0 Å². The topological polar surface area (TPSA) is 15.3 Å². The van der Waals surface area contributed by atoms with Crippen LogP contribution in [0.4, 0.5) is 4.39 Å². The fourth-order valence-corrected chi connectivity index (χ4v) is 2.37. The second kappa shape index (κ2) is 5.61. The molecular formula is C14H21FN2. The number of hydrogen-bond acceptors (Lipinski definition) is 2. The minimum atomic E-state index is -0.109. The molecule has 1 N–H and O–H groups in total. The first kappa shape index (κ1) is 12.5. The summed E-state index contributed by atoms with van der Waals surface area (Å²) in [5.74, 6) is -0.109. The highest BCUT2D eigenvalue weighted by molar-refractivity contribution is 5.24. The lowest BCUT2D eigenvalue weighted by molar-refractivity contribution is 0.260. The Hall–Kier alpha value is -0.930. The Labute approximate surface area is 103 Å². The van der Waals surface area contributed by atoms with Crippen molar-refractivity contribution in [3.8, 4) is 0 Å². The molecule has 1 atom stereocenters. The molecule has 0 radical (unpaired) electrons. The Balaban J connectivity index is 1.86. The third-order valence-electron chi connectivity index (χ3n) is 3.63. The van der Waals surface area contributed by atoms with Gasteiger partial charge in [0, 0.05) is 19.1 Å². The predicted molar refractivity (Wildman–Crippen MR) is 68.7 cm³/mol. The van der Waals surface area contributed by atoms with Crippen LogP contribution in [0.25, 0.3) is 0 Å². The molecule has 0 saturated carbocycles. The van der Waals surface area contributed by atoms with Crippen LogP contribution in [-0.4, -0.2) is 37.6 Å². The molecule has 3 heteroatoms. The van der Waals surface area contributed by atoms with Crippen molar-refractivity contribution in [2.45, 2.75) is 25.8 Å². The van der Waals surface area contributed by atoms with Crippen molar-refractivity contribution in [2.75, 3.05) is 26.7 Å². The third kappa shape index (κ3) is 3.27. The molecule has 2 rings (SSSR count). The fraction of sp³-hybridized carbons (Fsp3) is 0.571. The van der Waals surface area contributed by atoms with Crippen LogP contribution in [0.3, 0.4) is 0 Å². The number of nitrogens with one attached hydrogen (secondary N) is 1. The van der Waals surface area contributed by atoms with Crippen LogP contribution in [-0.2, 0) is 6.42 Å². The van der Waals surface area contributed by atoms with Crippen LogP contribution < -0.4 is 5.32 Å². The molecule has 1 aliphatic heterocycles. The molecule has 0 amide bonds. The normalized spacial score (nSPS) is 20.1.